The Labute approximate surface area is 133 Å². The van der Waals surface area contributed by atoms with Crippen molar-refractivity contribution in [1.29, 1.82) is 0 Å². The number of nitrogens with zero attached hydrogens (tertiary/aromatic N) is 3. The van der Waals surface area contributed by atoms with E-state index < -0.39 is 0 Å². The van der Waals surface area contributed by atoms with Gasteiger partial charge in [-0.25, -0.2) is 0 Å². The number of aryl methyl sites for hydroxylation is 1. The van der Waals surface area contributed by atoms with Gasteiger partial charge < -0.3 is 15.2 Å². The third kappa shape index (κ3) is 3.16. The molecule has 1 saturated carbocycles. The number of aliphatic hydroxyl groups excluding tert-OH is 1. The van der Waals surface area contributed by atoms with Crippen LogP contribution in [-0.2, 0) is 0 Å². The molecule has 1 aliphatic rings. The van der Waals surface area contributed by atoms with Crippen molar-refractivity contribution in [2.75, 3.05) is 7.11 Å². The molecule has 2 heterocycles. The largest absolute Gasteiger partial charge is 0.495 e. The lowest BCUT2D eigenvalue weighted by Crippen LogP contribution is -2.41. The molecule has 1 amide bonds. The predicted molar refractivity (Wildman–Crippen MR) is 80.8 cm³/mol. The summed E-state index contributed by atoms with van der Waals surface area (Å²) in [6, 6.07) is 1.59. The van der Waals surface area contributed by atoms with E-state index in [0.717, 1.165) is 5.56 Å². The van der Waals surface area contributed by atoms with Crippen LogP contribution in [0.25, 0.3) is 0 Å². The molecule has 0 bridgehead atoms. The Morgan fingerprint density at radius 3 is 2.83 bits per heavy atom. The molecule has 8 heteroatoms. The Morgan fingerprint density at radius 1 is 1.43 bits per heavy atom. The van der Waals surface area contributed by atoms with Gasteiger partial charge in [0, 0.05) is 6.20 Å². The summed E-state index contributed by atoms with van der Waals surface area (Å²) in [7, 11) is 1.57. The van der Waals surface area contributed by atoms with Crippen LogP contribution in [-0.4, -0.2) is 44.6 Å². The van der Waals surface area contributed by atoms with Crippen molar-refractivity contribution < 1.29 is 14.6 Å². The van der Waals surface area contributed by atoms with E-state index in [1.54, 1.807) is 26.4 Å². The number of aromatic nitrogens is 4. The van der Waals surface area contributed by atoms with E-state index in [1.807, 2.05) is 6.07 Å². The van der Waals surface area contributed by atoms with Gasteiger partial charge in [0.1, 0.15) is 5.75 Å². The Bertz CT molecular complexity index is 696. The lowest BCUT2D eigenvalue weighted by atomic mass is 9.75. The van der Waals surface area contributed by atoms with Crippen LogP contribution >= 0.6 is 0 Å². The highest BCUT2D eigenvalue weighted by molar-refractivity contribution is 5.93. The fourth-order valence-electron chi connectivity index (χ4n) is 2.80. The molecule has 1 atom stereocenters. The summed E-state index contributed by atoms with van der Waals surface area (Å²) in [6.45, 7) is 1.72. The number of methoxy groups -OCH3 is 1. The molecule has 23 heavy (non-hydrogen) atoms. The zero-order chi connectivity index (χ0) is 16.4. The topological polar surface area (TPSA) is 113 Å². The second-order valence-corrected chi connectivity index (χ2v) is 5.75. The van der Waals surface area contributed by atoms with Gasteiger partial charge in [-0.05, 0) is 37.3 Å². The molecule has 0 radical (unpaired) electrons. The van der Waals surface area contributed by atoms with Gasteiger partial charge in [0.2, 0.25) is 0 Å². The van der Waals surface area contributed by atoms with Crippen LogP contribution in [0.5, 0.6) is 5.75 Å². The molecule has 3 N–H and O–H groups in total. The highest BCUT2D eigenvalue weighted by Crippen LogP contribution is 2.38. The van der Waals surface area contributed by atoms with Crippen molar-refractivity contribution in [1.82, 2.24) is 25.7 Å². The minimum absolute atomic E-state index is 0.148. The molecule has 1 fully saturated rings. The highest BCUT2D eigenvalue weighted by atomic mass is 16.5. The van der Waals surface area contributed by atoms with Crippen LogP contribution in [0.3, 0.4) is 0 Å². The lowest BCUT2D eigenvalue weighted by molar-refractivity contribution is 0.0234. The molecule has 0 saturated heterocycles. The molecule has 8 nitrogen and oxygen atoms in total. The third-order valence-electron chi connectivity index (χ3n) is 4.17. The van der Waals surface area contributed by atoms with Crippen LogP contribution < -0.4 is 10.1 Å². The first-order valence-electron chi connectivity index (χ1n) is 7.43. The summed E-state index contributed by atoms with van der Waals surface area (Å²) in [4.78, 5) is 16.6. The number of pyridine rings is 1. The minimum atomic E-state index is -0.313. The number of carbonyl (C=O) groups is 1. The van der Waals surface area contributed by atoms with E-state index in [1.165, 1.54) is 0 Å². The normalized spacial score (nSPS) is 21.3. The van der Waals surface area contributed by atoms with Gasteiger partial charge in [0.15, 0.2) is 5.69 Å². The van der Waals surface area contributed by atoms with Gasteiger partial charge >= 0.3 is 0 Å². The van der Waals surface area contributed by atoms with Crippen LogP contribution in [0.2, 0.25) is 0 Å². The number of amides is 1. The summed E-state index contributed by atoms with van der Waals surface area (Å²) in [5, 5.41) is 22.8. The third-order valence-corrected chi connectivity index (χ3v) is 4.17. The molecule has 0 aromatic carbocycles. The number of hydrogen-bond donors (Lipinski definition) is 3. The van der Waals surface area contributed by atoms with Crippen molar-refractivity contribution in [3.05, 3.63) is 35.4 Å². The van der Waals surface area contributed by atoms with E-state index in [4.69, 9.17) is 4.74 Å². The molecule has 2 aromatic rings. The number of ether oxygens (including phenoxy) is 1. The van der Waals surface area contributed by atoms with Crippen LogP contribution in [0.4, 0.5) is 0 Å². The number of carbonyl (C=O) groups excluding carboxylic acids is 1. The first-order chi connectivity index (χ1) is 11.1. The molecular formula is C15H19N5O3. The maximum atomic E-state index is 12.4. The van der Waals surface area contributed by atoms with Gasteiger partial charge in [-0.3, -0.25) is 9.78 Å². The predicted octanol–water partition coefficient (Wildman–Crippen LogP) is 0.759. The molecule has 122 valence electrons. The second-order valence-electron chi connectivity index (χ2n) is 5.75. The van der Waals surface area contributed by atoms with E-state index in [9.17, 15) is 9.90 Å². The lowest BCUT2D eigenvalue weighted by Gasteiger charge is -2.38. The molecular weight excluding hydrogens is 298 g/mol. The zero-order valence-electron chi connectivity index (χ0n) is 13.0. The standard InChI is InChI=1S/C15H19N5O3/c1-8-13(19-20-18-8)15(22)17-14(9-3-11(21)4-9)10-5-12(23-2)7-16-6-10/h5-7,9,11,14,21H,3-4H2,1-2H3,(H,17,22)(H,18,19,20)/t9?,11?,14-/m0/s1. The Hall–Kier alpha value is -2.48. The summed E-state index contributed by atoms with van der Waals surface area (Å²) in [6.07, 6.45) is 4.28. The number of aliphatic hydroxyl groups is 1. The smallest absolute Gasteiger partial charge is 0.274 e. The first kappa shape index (κ1) is 15.4. The summed E-state index contributed by atoms with van der Waals surface area (Å²) < 4.78 is 5.20. The number of nitrogens with one attached hydrogen (secondary N) is 2. The molecule has 0 unspecified atom stereocenters. The summed E-state index contributed by atoms with van der Waals surface area (Å²) in [5.41, 5.74) is 1.65. The second kappa shape index (κ2) is 6.33. The molecule has 0 spiro atoms. The Balaban J connectivity index is 1.84. The van der Waals surface area contributed by atoms with Crippen molar-refractivity contribution in [3.63, 3.8) is 0 Å². The average Bonchev–Trinajstić information content (AvgIpc) is 2.96. The van der Waals surface area contributed by atoms with E-state index >= 15 is 0 Å². The van der Waals surface area contributed by atoms with Gasteiger partial charge in [-0.15, -0.1) is 0 Å². The SMILES string of the molecule is COc1cncc([C@@H](NC(=O)c2n[nH]nc2C)C2CC(O)C2)c1. The summed E-state index contributed by atoms with van der Waals surface area (Å²) >= 11 is 0. The number of H-pyrrole nitrogens is 1. The Kier molecular flexibility index (Phi) is 4.24. The fourth-order valence-corrected chi connectivity index (χ4v) is 2.80. The zero-order valence-corrected chi connectivity index (χ0v) is 13.0. The average molecular weight is 317 g/mol. The maximum absolute atomic E-state index is 12.4. The number of hydrogen-bond acceptors (Lipinski definition) is 6. The van der Waals surface area contributed by atoms with Crippen molar-refractivity contribution in [3.8, 4) is 5.75 Å². The molecule has 0 aliphatic heterocycles. The van der Waals surface area contributed by atoms with Gasteiger partial charge in [0.25, 0.3) is 5.91 Å². The first-order valence-corrected chi connectivity index (χ1v) is 7.43. The fraction of sp³-hybridized carbons (Fsp3) is 0.467. The van der Waals surface area contributed by atoms with Gasteiger partial charge in [0.05, 0.1) is 31.1 Å². The Morgan fingerprint density at radius 2 is 2.22 bits per heavy atom. The van der Waals surface area contributed by atoms with Gasteiger partial charge in [-0.2, -0.15) is 15.4 Å². The number of aromatic amines is 1. The van der Waals surface area contributed by atoms with E-state index in [2.05, 4.69) is 25.7 Å². The number of rotatable bonds is 5. The highest BCUT2D eigenvalue weighted by Gasteiger charge is 2.36. The van der Waals surface area contributed by atoms with Crippen molar-refractivity contribution in [2.45, 2.75) is 31.9 Å². The van der Waals surface area contributed by atoms with Crippen LogP contribution in [0.15, 0.2) is 18.5 Å². The van der Waals surface area contributed by atoms with Gasteiger partial charge in [-0.1, -0.05) is 0 Å². The maximum Gasteiger partial charge on any atom is 0.274 e. The van der Waals surface area contributed by atoms with Crippen LogP contribution in [0, 0.1) is 12.8 Å². The van der Waals surface area contributed by atoms with Crippen molar-refractivity contribution >= 4 is 5.91 Å². The summed E-state index contributed by atoms with van der Waals surface area (Å²) in [5.74, 6) is 0.472. The molecule has 1 aliphatic carbocycles. The molecule has 2 aromatic heterocycles. The van der Waals surface area contributed by atoms with Crippen LogP contribution in [0.1, 0.15) is 40.6 Å². The minimum Gasteiger partial charge on any atom is -0.495 e. The van der Waals surface area contributed by atoms with E-state index in [0.29, 0.717) is 24.3 Å². The molecule has 3 rings (SSSR count). The monoisotopic (exact) mass is 317 g/mol. The quantitative estimate of drug-likeness (QED) is 0.750. The van der Waals surface area contributed by atoms with Crippen molar-refractivity contribution in [2.24, 2.45) is 5.92 Å². The van der Waals surface area contributed by atoms with E-state index in [-0.39, 0.29) is 29.7 Å².